The van der Waals surface area contributed by atoms with Gasteiger partial charge < -0.3 is 4.74 Å². The van der Waals surface area contributed by atoms with Crippen molar-refractivity contribution in [3.8, 4) is 17.4 Å². The maximum Gasteiger partial charge on any atom is 0.336 e. The first-order valence-corrected chi connectivity index (χ1v) is 5.35. The Balaban J connectivity index is 2.23. The molecule has 0 radical (unpaired) electrons. The molecule has 0 atom stereocenters. The van der Waals surface area contributed by atoms with Gasteiger partial charge in [0, 0.05) is 12.6 Å². The number of ketones is 1. The Morgan fingerprint density at radius 2 is 2.06 bits per heavy atom. The number of aryl methyl sites for hydroxylation is 1. The molecular weight excluding hydrogens is 237 g/mol. The first kappa shape index (κ1) is 12.2. The zero-order valence-electron chi connectivity index (χ0n) is 10.1. The third-order valence-electron chi connectivity index (χ3n) is 2.25. The Labute approximate surface area is 103 Å². The smallest absolute Gasteiger partial charge is 0.336 e. The van der Waals surface area contributed by atoms with Crippen molar-refractivity contribution in [1.82, 2.24) is 14.8 Å². The summed E-state index contributed by atoms with van der Waals surface area (Å²) in [5.74, 6) is 0.133. The summed E-state index contributed by atoms with van der Waals surface area (Å²) in [4.78, 5) is 14.9. The average molecular weight is 249 g/mol. The zero-order valence-corrected chi connectivity index (χ0v) is 10.1. The van der Waals surface area contributed by atoms with E-state index >= 15 is 0 Å². The minimum Gasteiger partial charge on any atom is -0.454 e. The highest BCUT2D eigenvalue weighted by atomic mass is 19.1. The largest absolute Gasteiger partial charge is 0.454 e. The van der Waals surface area contributed by atoms with Crippen LogP contribution in [0.5, 0.6) is 6.01 Å². The highest BCUT2D eigenvalue weighted by molar-refractivity contribution is 5.76. The summed E-state index contributed by atoms with van der Waals surface area (Å²) in [5, 5.41) is 4.02. The first-order chi connectivity index (χ1) is 8.56. The van der Waals surface area contributed by atoms with E-state index in [-0.39, 0.29) is 24.2 Å². The van der Waals surface area contributed by atoms with Crippen LogP contribution in [0.25, 0.3) is 11.4 Å². The molecule has 0 fully saturated rings. The van der Waals surface area contributed by atoms with Crippen molar-refractivity contribution in [2.45, 2.75) is 6.92 Å². The topological polar surface area (TPSA) is 57.0 Å². The molecule has 0 spiro atoms. The van der Waals surface area contributed by atoms with Crippen LogP contribution in [0.4, 0.5) is 4.39 Å². The molecule has 5 nitrogen and oxygen atoms in total. The molecule has 0 amide bonds. The van der Waals surface area contributed by atoms with Gasteiger partial charge in [0.1, 0.15) is 12.4 Å². The van der Waals surface area contributed by atoms with Crippen LogP contribution in [0.1, 0.15) is 6.92 Å². The van der Waals surface area contributed by atoms with Crippen molar-refractivity contribution in [1.29, 1.82) is 0 Å². The summed E-state index contributed by atoms with van der Waals surface area (Å²) in [5.41, 5.74) is 0.726. The molecule has 18 heavy (non-hydrogen) atoms. The molecule has 1 aromatic carbocycles. The quantitative estimate of drug-likeness (QED) is 0.825. The van der Waals surface area contributed by atoms with Gasteiger partial charge in [0.25, 0.3) is 0 Å². The molecule has 0 aliphatic rings. The third-order valence-corrected chi connectivity index (χ3v) is 2.25. The van der Waals surface area contributed by atoms with Crippen LogP contribution in [-0.2, 0) is 11.8 Å². The Morgan fingerprint density at radius 1 is 1.39 bits per heavy atom. The van der Waals surface area contributed by atoms with Gasteiger partial charge in [-0.05, 0) is 31.2 Å². The molecule has 0 bridgehead atoms. The number of carbonyl (C=O) groups is 1. The molecule has 0 aliphatic carbocycles. The number of aromatic nitrogens is 3. The highest BCUT2D eigenvalue weighted by Crippen LogP contribution is 2.19. The maximum absolute atomic E-state index is 12.8. The van der Waals surface area contributed by atoms with Crippen LogP contribution in [0.15, 0.2) is 24.3 Å². The number of hydrogen-bond donors (Lipinski definition) is 0. The Hall–Kier alpha value is -2.24. The molecule has 0 saturated heterocycles. The van der Waals surface area contributed by atoms with Gasteiger partial charge in [0.15, 0.2) is 11.6 Å². The molecule has 0 unspecified atom stereocenters. The van der Waals surface area contributed by atoms with Crippen molar-refractivity contribution < 1.29 is 13.9 Å². The first-order valence-electron chi connectivity index (χ1n) is 5.35. The van der Waals surface area contributed by atoms with Crippen LogP contribution < -0.4 is 4.74 Å². The van der Waals surface area contributed by atoms with Crippen LogP contribution in [0.3, 0.4) is 0 Å². The predicted octanol–water partition coefficient (Wildman–Crippen LogP) is 1.59. The lowest BCUT2D eigenvalue weighted by atomic mass is 10.2. The Morgan fingerprint density at radius 3 is 2.67 bits per heavy atom. The standard InChI is InChI=1S/C12H12FN3O2/c1-8(17)7-18-12-14-11(16(2)15-12)9-3-5-10(13)6-4-9/h3-6H,7H2,1-2H3. The van der Waals surface area contributed by atoms with Crippen molar-refractivity contribution in [3.05, 3.63) is 30.1 Å². The van der Waals surface area contributed by atoms with Crippen molar-refractivity contribution in [3.63, 3.8) is 0 Å². The van der Waals surface area contributed by atoms with Gasteiger partial charge in [-0.15, -0.1) is 5.10 Å². The molecule has 94 valence electrons. The second-order valence-electron chi connectivity index (χ2n) is 3.84. The van der Waals surface area contributed by atoms with Gasteiger partial charge in [-0.1, -0.05) is 0 Å². The number of Topliss-reactive ketones (excluding diaryl/α,β-unsaturated/α-hetero) is 1. The van der Waals surface area contributed by atoms with E-state index in [1.54, 1.807) is 19.2 Å². The molecule has 0 saturated carbocycles. The lowest BCUT2D eigenvalue weighted by Crippen LogP contribution is -2.07. The van der Waals surface area contributed by atoms with Gasteiger partial charge in [0.2, 0.25) is 0 Å². The number of rotatable bonds is 4. The fraction of sp³-hybridized carbons (Fsp3) is 0.250. The summed E-state index contributed by atoms with van der Waals surface area (Å²) in [6.45, 7) is 1.36. The van der Waals surface area contributed by atoms with E-state index in [2.05, 4.69) is 10.1 Å². The van der Waals surface area contributed by atoms with Crippen LogP contribution >= 0.6 is 0 Å². The van der Waals surface area contributed by atoms with Crippen molar-refractivity contribution >= 4 is 5.78 Å². The SMILES string of the molecule is CC(=O)COc1nc(-c2ccc(F)cc2)n(C)n1. The van der Waals surface area contributed by atoms with E-state index in [4.69, 9.17) is 4.74 Å². The molecule has 0 N–H and O–H groups in total. The Bertz CT molecular complexity index is 563. The average Bonchev–Trinajstić information content (AvgIpc) is 2.69. The van der Waals surface area contributed by atoms with E-state index < -0.39 is 0 Å². The summed E-state index contributed by atoms with van der Waals surface area (Å²) >= 11 is 0. The van der Waals surface area contributed by atoms with Crippen LogP contribution in [0.2, 0.25) is 0 Å². The lowest BCUT2D eigenvalue weighted by molar-refractivity contribution is -0.119. The molecule has 6 heteroatoms. The fourth-order valence-electron chi connectivity index (χ4n) is 1.44. The molecule has 1 heterocycles. The van der Waals surface area contributed by atoms with Gasteiger partial charge in [-0.3, -0.25) is 4.79 Å². The Kier molecular flexibility index (Phi) is 3.36. The summed E-state index contributed by atoms with van der Waals surface area (Å²) in [7, 11) is 1.70. The summed E-state index contributed by atoms with van der Waals surface area (Å²) in [6, 6.07) is 6.04. The number of halogens is 1. The normalized spacial score (nSPS) is 10.4. The number of ether oxygens (including phenoxy) is 1. The summed E-state index contributed by atoms with van der Waals surface area (Å²) in [6.07, 6.45) is 0. The van der Waals surface area contributed by atoms with Crippen molar-refractivity contribution in [2.24, 2.45) is 7.05 Å². The van der Waals surface area contributed by atoms with Gasteiger partial charge >= 0.3 is 6.01 Å². The number of hydrogen-bond acceptors (Lipinski definition) is 4. The number of carbonyl (C=O) groups excluding carboxylic acids is 1. The minimum atomic E-state index is -0.311. The fourth-order valence-corrected chi connectivity index (χ4v) is 1.44. The van der Waals surface area contributed by atoms with E-state index in [9.17, 15) is 9.18 Å². The van der Waals surface area contributed by atoms with E-state index in [1.807, 2.05) is 0 Å². The molecule has 0 aliphatic heterocycles. The molecule has 2 aromatic rings. The molecule has 1 aromatic heterocycles. The number of nitrogens with zero attached hydrogens (tertiary/aromatic N) is 3. The summed E-state index contributed by atoms with van der Waals surface area (Å²) < 4.78 is 19.4. The lowest BCUT2D eigenvalue weighted by Gasteiger charge is -1.98. The van der Waals surface area contributed by atoms with E-state index in [0.29, 0.717) is 5.82 Å². The monoisotopic (exact) mass is 249 g/mol. The van der Waals surface area contributed by atoms with Crippen LogP contribution in [0, 0.1) is 5.82 Å². The second kappa shape index (κ2) is 4.95. The zero-order chi connectivity index (χ0) is 13.1. The van der Waals surface area contributed by atoms with Gasteiger partial charge in [0.05, 0.1) is 0 Å². The second-order valence-corrected chi connectivity index (χ2v) is 3.84. The third kappa shape index (κ3) is 2.71. The molecule has 2 rings (SSSR count). The minimum absolute atomic E-state index is 0.0626. The van der Waals surface area contributed by atoms with E-state index in [0.717, 1.165) is 5.56 Å². The predicted molar refractivity (Wildman–Crippen MR) is 62.6 cm³/mol. The van der Waals surface area contributed by atoms with E-state index in [1.165, 1.54) is 23.7 Å². The van der Waals surface area contributed by atoms with Gasteiger partial charge in [-0.25, -0.2) is 9.07 Å². The van der Waals surface area contributed by atoms with Gasteiger partial charge in [-0.2, -0.15) is 4.98 Å². The molecular formula is C12H12FN3O2. The number of benzene rings is 1. The highest BCUT2D eigenvalue weighted by Gasteiger charge is 2.10. The maximum atomic E-state index is 12.8. The van der Waals surface area contributed by atoms with Crippen LogP contribution in [-0.4, -0.2) is 27.2 Å². The van der Waals surface area contributed by atoms with Crippen molar-refractivity contribution in [2.75, 3.05) is 6.61 Å².